The Labute approximate surface area is 122 Å². The summed E-state index contributed by atoms with van der Waals surface area (Å²) in [5.74, 6) is 1.32. The molecule has 0 aliphatic carbocycles. The number of nitrogens with one attached hydrogen (secondary N) is 1. The van der Waals surface area contributed by atoms with E-state index in [0.29, 0.717) is 23.1 Å². The number of ether oxygens (including phenoxy) is 2. The Hall–Kier alpha value is -0.620. The highest BCUT2D eigenvalue weighted by atomic mass is 35.5. The van der Waals surface area contributed by atoms with Gasteiger partial charge < -0.3 is 19.9 Å². The number of aliphatic hydroxyl groups excluding tert-OH is 1. The maximum absolute atomic E-state index is 9.25. The Bertz CT molecular complexity index is 440. The smallest absolute Gasteiger partial charge is 0.231 e. The van der Waals surface area contributed by atoms with Gasteiger partial charge in [0.2, 0.25) is 6.79 Å². The van der Waals surface area contributed by atoms with Crippen LogP contribution in [0.15, 0.2) is 12.1 Å². The Kier molecular flexibility index (Phi) is 5.21. The summed E-state index contributed by atoms with van der Waals surface area (Å²) in [6.07, 6.45) is 2.00. The molecular weight excluding hydrogens is 286 g/mol. The third-order valence-electron chi connectivity index (χ3n) is 3.16. The molecule has 0 fully saturated rings. The summed E-state index contributed by atoms with van der Waals surface area (Å²) in [5.41, 5.74) is 1.04. The maximum atomic E-state index is 9.25. The van der Waals surface area contributed by atoms with Gasteiger partial charge >= 0.3 is 0 Å². The molecule has 0 spiro atoms. The van der Waals surface area contributed by atoms with Gasteiger partial charge in [-0.25, -0.2) is 0 Å². The fourth-order valence-electron chi connectivity index (χ4n) is 1.97. The largest absolute Gasteiger partial charge is 0.454 e. The number of halogens is 1. The van der Waals surface area contributed by atoms with Gasteiger partial charge in [-0.2, -0.15) is 11.8 Å². The van der Waals surface area contributed by atoms with Gasteiger partial charge in [-0.05, 0) is 30.9 Å². The topological polar surface area (TPSA) is 50.7 Å². The molecule has 0 saturated heterocycles. The van der Waals surface area contributed by atoms with E-state index in [9.17, 15) is 5.11 Å². The zero-order valence-electron chi connectivity index (χ0n) is 11.0. The van der Waals surface area contributed by atoms with Crippen molar-refractivity contribution in [1.29, 1.82) is 0 Å². The van der Waals surface area contributed by atoms with Gasteiger partial charge in [0, 0.05) is 17.8 Å². The van der Waals surface area contributed by atoms with E-state index in [1.807, 2.05) is 18.4 Å². The predicted octanol–water partition coefficient (Wildman–Crippen LogP) is 2.27. The Morgan fingerprint density at radius 3 is 2.95 bits per heavy atom. The van der Waals surface area contributed by atoms with Crippen molar-refractivity contribution in [2.75, 3.05) is 19.7 Å². The van der Waals surface area contributed by atoms with Gasteiger partial charge in [0.25, 0.3) is 0 Å². The Balaban J connectivity index is 1.98. The number of rotatable bonds is 6. The van der Waals surface area contributed by atoms with Gasteiger partial charge in [-0.15, -0.1) is 0 Å². The molecule has 1 aliphatic heterocycles. The first-order valence-corrected chi connectivity index (χ1v) is 7.77. The second-order valence-corrected chi connectivity index (χ2v) is 5.92. The van der Waals surface area contributed by atoms with E-state index < -0.39 is 0 Å². The summed E-state index contributed by atoms with van der Waals surface area (Å²) in [4.78, 5) is 0. The van der Waals surface area contributed by atoms with Crippen molar-refractivity contribution in [3.63, 3.8) is 0 Å². The number of thioether (sulfide) groups is 1. The minimum absolute atomic E-state index is 0.164. The van der Waals surface area contributed by atoms with Crippen LogP contribution in [0.5, 0.6) is 11.5 Å². The molecule has 2 unspecified atom stereocenters. The lowest BCUT2D eigenvalue weighted by molar-refractivity contribution is 0.174. The van der Waals surface area contributed by atoms with Gasteiger partial charge in [0.15, 0.2) is 11.5 Å². The first kappa shape index (κ1) is 14.8. The SMILES string of the molecule is CSC(CO)C(C)NCc1cc(Cl)c2c(c1)OCO2. The Morgan fingerprint density at radius 1 is 1.47 bits per heavy atom. The normalized spacial score (nSPS) is 16.4. The van der Waals surface area contributed by atoms with Gasteiger partial charge in [0.05, 0.1) is 11.6 Å². The third-order valence-corrected chi connectivity index (χ3v) is 4.60. The summed E-state index contributed by atoms with van der Waals surface area (Å²) in [6.45, 7) is 3.12. The molecule has 6 heteroatoms. The summed E-state index contributed by atoms with van der Waals surface area (Å²) in [5, 5.41) is 13.4. The minimum Gasteiger partial charge on any atom is -0.454 e. The predicted molar refractivity (Wildman–Crippen MR) is 78.3 cm³/mol. The number of hydrogen-bond acceptors (Lipinski definition) is 5. The maximum Gasteiger partial charge on any atom is 0.231 e. The van der Waals surface area contributed by atoms with E-state index in [1.54, 1.807) is 11.8 Å². The molecule has 0 saturated carbocycles. The quantitative estimate of drug-likeness (QED) is 0.844. The summed E-state index contributed by atoms with van der Waals surface area (Å²) < 4.78 is 10.6. The molecule has 106 valence electrons. The number of aliphatic hydroxyl groups is 1. The van der Waals surface area contributed by atoms with Gasteiger partial charge in [-0.1, -0.05) is 11.6 Å². The standard InChI is InChI=1S/C13H18ClNO3S/c1-8(12(6-16)19-2)15-5-9-3-10(14)13-11(4-9)17-7-18-13/h3-4,8,12,15-16H,5-7H2,1-2H3. The number of fused-ring (bicyclic) bond motifs is 1. The Morgan fingerprint density at radius 2 is 2.26 bits per heavy atom. The molecule has 0 amide bonds. The third kappa shape index (κ3) is 3.48. The average Bonchev–Trinajstić information content (AvgIpc) is 2.86. The fraction of sp³-hybridized carbons (Fsp3) is 0.538. The molecule has 1 aromatic rings. The second-order valence-electron chi connectivity index (χ2n) is 4.44. The van der Waals surface area contributed by atoms with Crippen LogP contribution in [0.1, 0.15) is 12.5 Å². The van der Waals surface area contributed by atoms with E-state index in [1.165, 1.54) is 0 Å². The van der Waals surface area contributed by atoms with Crippen molar-refractivity contribution in [2.45, 2.75) is 24.8 Å². The van der Waals surface area contributed by atoms with E-state index in [4.69, 9.17) is 21.1 Å². The highest BCUT2D eigenvalue weighted by Crippen LogP contribution is 2.39. The first-order chi connectivity index (χ1) is 9.15. The van der Waals surface area contributed by atoms with Crippen LogP contribution in [0.2, 0.25) is 5.02 Å². The minimum atomic E-state index is 0.164. The van der Waals surface area contributed by atoms with E-state index in [0.717, 1.165) is 5.56 Å². The molecule has 0 radical (unpaired) electrons. The lowest BCUT2D eigenvalue weighted by atomic mass is 10.1. The highest BCUT2D eigenvalue weighted by molar-refractivity contribution is 7.99. The van der Waals surface area contributed by atoms with Crippen molar-refractivity contribution in [1.82, 2.24) is 5.32 Å². The first-order valence-electron chi connectivity index (χ1n) is 6.10. The number of hydrogen-bond donors (Lipinski definition) is 2. The average molecular weight is 304 g/mol. The summed E-state index contributed by atoms with van der Waals surface area (Å²) >= 11 is 7.78. The van der Waals surface area contributed by atoms with Crippen molar-refractivity contribution >= 4 is 23.4 Å². The molecule has 2 N–H and O–H groups in total. The number of benzene rings is 1. The van der Waals surface area contributed by atoms with Crippen molar-refractivity contribution in [3.8, 4) is 11.5 Å². The van der Waals surface area contributed by atoms with Crippen LogP contribution < -0.4 is 14.8 Å². The fourth-order valence-corrected chi connectivity index (χ4v) is 2.91. The molecule has 19 heavy (non-hydrogen) atoms. The van der Waals surface area contributed by atoms with Crippen LogP contribution in [0, 0.1) is 0 Å². The molecule has 1 heterocycles. The second kappa shape index (κ2) is 6.70. The van der Waals surface area contributed by atoms with E-state index >= 15 is 0 Å². The molecule has 0 bridgehead atoms. The van der Waals surface area contributed by atoms with Crippen molar-refractivity contribution in [2.24, 2.45) is 0 Å². The lowest BCUT2D eigenvalue weighted by Crippen LogP contribution is -2.37. The molecule has 2 rings (SSSR count). The zero-order chi connectivity index (χ0) is 13.8. The van der Waals surface area contributed by atoms with Crippen LogP contribution in [-0.4, -0.2) is 36.1 Å². The van der Waals surface area contributed by atoms with Gasteiger partial charge in [-0.3, -0.25) is 0 Å². The van der Waals surface area contributed by atoms with Crippen molar-refractivity contribution in [3.05, 3.63) is 22.7 Å². The van der Waals surface area contributed by atoms with Crippen LogP contribution >= 0.6 is 23.4 Å². The summed E-state index contributed by atoms with van der Waals surface area (Å²) in [7, 11) is 0. The van der Waals surface area contributed by atoms with Crippen molar-refractivity contribution < 1.29 is 14.6 Å². The molecule has 0 aromatic heterocycles. The highest BCUT2D eigenvalue weighted by Gasteiger charge is 2.19. The monoisotopic (exact) mass is 303 g/mol. The molecule has 2 atom stereocenters. The molecular formula is C13H18ClNO3S. The van der Waals surface area contributed by atoms with E-state index in [2.05, 4.69) is 12.2 Å². The van der Waals surface area contributed by atoms with Crippen LogP contribution in [0.25, 0.3) is 0 Å². The van der Waals surface area contributed by atoms with E-state index in [-0.39, 0.29) is 24.7 Å². The van der Waals surface area contributed by atoms with Gasteiger partial charge in [0.1, 0.15) is 0 Å². The molecule has 1 aliphatic rings. The molecule has 4 nitrogen and oxygen atoms in total. The van der Waals surface area contributed by atoms with Crippen LogP contribution in [0.3, 0.4) is 0 Å². The summed E-state index contributed by atoms with van der Waals surface area (Å²) in [6, 6.07) is 4.02. The van der Waals surface area contributed by atoms with Crippen LogP contribution in [-0.2, 0) is 6.54 Å². The lowest BCUT2D eigenvalue weighted by Gasteiger charge is -2.21. The molecule has 1 aromatic carbocycles. The van der Waals surface area contributed by atoms with Crippen LogP contribution in [0.4, 0.5) is 0 Å². The zero-order valence-corrected chi connectivity index (χ0v) is 12.6.